The van der Waals surface area contributed by atoms with Crippen LogP contribution in [0.3, 0.4) is 0 Å². The Hall–Kier alpha value is -0.0800. The molecule has 78 valence electrons. The van der Waals surface area contributed by atoms with Crippen LogP contribution < -0.4 is 5.73 Å². The van der Waals surface area contributed by atoms with Gasteiger partial charge >= 0.3 is 0 Å². The zero-order valence-corrected chi connectivity index (χ0v) is 9.12. The van der Waals surface area contributed by atoms with Crippen molar-refractivity contribution in [3.8, 4) is 0 Å². The Morgan fingerprint density at radius 2 is 2.08 bits per heavy atom. The molecule has 0 aromatic heterocycles. The summed E-state index contributed by atoms with van der Waals surface area (Å²) in [6.07, 6.45) is 5.46. The fraction of sp³-hybridized carbons (Fsp3) is 1.00. The lowest BCUT2D eigenvalue weighted by Gasteiger charge is -2.18. The van der Waals surface area contributed by atoms with Crippen molar-refractivity contribution in [3.63, 3.8) is 0 Å². The summed E-state index contributed by atoms with van der Waals surface area (Å²) in [5, 5.41) is 0. The number of nitrogens with two attached hydrogens (primary N) is 1. The third kappa shape index (κ3) is 4.10. The average molecular weight is 185 g/mol. The fourth-order valence-electron chi connectivity index (χ4n) is 2.10. The second-order valence-corrected chi connectivity index (χ2v) is 4.77. The van der Waals surface area contributed by atoms with Gasteiger partial charge in [-0.15, -0.1) is 0 Å². The summed E-state index contributed by atoms with van der Waals surface area (Å²) in [5.41, 5.74) is 6.02. The first kappa shape index (κ1) is 11.0. The fourth-order valence-corrected chi connectivity index (χ4v) is 2.10. The Kier molecular flexibility index (Phi) is 4.20. The Bertz CT molecular complexity index is 147. The van der Waals surface area contributed by atoms with E-state index in [1.807, 2.05) is 0 Å². The van der Waals surface area contributed by atoms with Gasteiger partial charge in [-0.1, -0.05) is 13.8 Å². The van der Waals surface area contributed by atoms with Crippen LogP contribution in [0.15, 0.2) is 0 Å². The molecule has 0 amide bonds. The van der Waals surface area contributed by atoms with Gasteiger partial charge in [0.2, 0.25) is 0 Å². The van der Waals surface area contributed by atoms with Gasteiger partial charge in [-0.05, 0) is 38.5 Å². The minimum atomic E-state index is 0.329. The smallest absolute Gasteiger partial charge is 0.0594 e. The molecule has 0 aliphatic carbocycles. The van der Waals surface area contributed by atoms with Gasteiger partial charge in [0.15, 0.2) is 0 Å². The predicted octanol–water partition coefficient (Wildman–Crippen LogP) is 2.32. The number of ether oxygens (including phenoxy) is 1. The van der Waals surface area contributed by atoms with Crippen molar-refractivity contribution in [2.24, 2.45) is 11.7 Å². The molecule has 3 unspecified atom stereocenters. The van der Waals surface area contributed by atoms with E-state index < -0.39 is 0 Å². The molecule has 0 radical (unpaired) electrons. The van der Waals surface area contributed by atoms with Crippen LogP contribution in [0.25, 0.3) is 0 Å². The summed E-state index contributed by atoms with van der Waals surface area (Å²) >= 11 is 0. The zero-order valence-electron chi connectivity index (χ0n) is 9.12. The van der Waals surface area contributed by atoms with Gasteiger partial charge < -0.3 is 10.5 Å². The lowest BCUT2D eigenvalue weighted by atomic mass is 9.98. The van der Waals surface area contributed by atoms with Crippen molar-refractivity contribution in [3.05, 3.63) is 0 Å². The summed E-state index contributed by atoms with van der Waals surface area (Å²) < 4.78 is 5.73. The quantitative estimate of drug-likeness (QED) is 0.729. The number of hydrogen-bond donors (Lipinski definition) is 1. The second kappa shape index (κ2) is 4.97. The van der Waals surface area contributed by atoms with Crippen LogP contribution in [0.2, 0.25) is 0 Å². The van der Waals surface area contributed by atoms with Crippen molar-refractivity contribution in [2.75, 3.05) is 0 Å². The second-order valence-electron chi connectivity index (χ2n) is 4.77. The maximum atomic E-state index is 6.02. The van der Waals surface area contributed by atoms with Crippen molar-refractivity contribution >= 4 is 0 Å². The van der Waals surface area contributed by atoms with Crippen LogP contribution in [0, 0.1) is 5.92 Å². The van der Waals surface area contributed by atoms with Gasteiger partial charge in [-0.25, -0.2) is 0 Å². The first-order valence-corrected chi connectivity index (χ1v) is 5.49. The van der Waals surface area contributed by atoms with E-state index in [1.54, 1.807) is 0 Å². The van der Waals surface area contributed by atoms with Crippen LogP contribution in [0.5, 0.6) is 0 Å². The van der Waals surface area contributed by atoms with E-state index in [4.69, 9.17) is 10.5 Å². The van der Waals surface area contributed by atoms with Crippen LogP contribution >= 0.6 is 0 Å². The van der Waals surface area contributed by atoms with Gasteiger partial charge in [-0.2, -0.15) is 0 Å². The maximum absolute atomic E-state index is 6.02. The molecule has 1 aliphatic heterocycles. The molecule has 1 fully saturated rings. The largest absolute Gasteiger partial charge is 0.375 e. The van der Waals surface area contributed by atoms with E-state index in [9.17, 15) is 0 Å². The minimum Gasteiger partial charge on any atom is -0.375 e. The average Bonchev–Trinajstić information content (AvgIpc) is 2.33. The number of rotatable bonds is 4. The third-order valence-corrected chi connectivity index (χ3v) is 2.66. The van der Waals surface area contributed by atoms with Crippen molar-refractivity contribution in [1.29, 1.82) is 0 Å². The molecule has 0 bridgehead atoms. The van der Waals surface area contributed by atoms with Crippen LogP contribution in [0.1, 0.15) is 46.5 Å². The van der Waals surface area contributed by atoms with Gasteiger partial charge in [0, 0.05) is 6.04 Å². The summed E-state index contributed by atoms with van der Waals surface area (Å²) in [5.74, 6) is 0.703. The molecule has 2 nitrogen and oxygen atoms in total. The summed E-state index contributed by atoms with van der Waals surface area (Å²) in [6.45, 7) is 6.59. The molecule has 0 saturated carbocycles. The van der Waals surface area contributed by atoms with E-state index >= 15 is 0 Å². The molecule has 1 heterocycles. The van der Waals surface area contributed by atoms with E-state index in [2.05, 4.69) is 20.8 Å². The van der Waals surface area contributed by atoms with Gasteiger partial charge in [-0.3, -0.25) is 0 Å². The zero-order chi connectivity index (χ0) is 9.84. The number of hydrogen-bond acceptors (Lipinski definition) is 2. The highest BCUT2D eigenvalue weighted by Gasteiger charge is 2.23. The SMILES string of the molecule is CC(C)CC(N)CC1CCC(C)O1. The van der Waals surface area contributed by atoms with E-state index in [0.717, 1.165) is 12.8 Å². The van der Waals surface area contributed by atoms with Gasteiger partial charge in [0.05, 0.1) is 12.2 Å². The maximum Gasteiger partial charge on any atom is 0.0594 e. The van der Waals surface area contributed by atoms with E-state index in [-0.39, 0.29) is 0 Å². The Morgan fingerprint density at radius 1 is 1.38 bits per heavy atom. The summed E-state index contributed by atoms with van der Waals surface area (Å²) in [7, 11) is 0. The molecular weight excluding hydrogens is 162 g/mol. The highest BCUT2D eigenvalue weighted by atomic mass is 16.5. The molecule has 0 aromatic rings. The third-order valence-electron chi connectivity index (χ3n) is 2.66. The van der Waals surface area contributed by atoms with Crippen LogP contribution in [0.4, 0.5) is 0 Å². The van der Waals surface area contributed by atoms with Crippen molar-refractivity contribution < 1.29 is 4.74 Å². The molecule has 3 atom stereocenters. The molecule has 2 heteroatoms. The van der Waals surface area contributed by atoms with E-state index in [1.165, 1.54) is 12.8 Å². The monoisotopic (exact) mass is 185 g/mol. The van der Waals surface area contributed by atoms with Gasteiger partial charge in [0.1, 0.15) is 0 Å². The van der Waals surface area contributed by atoms with E-state index in [0.29, 0.717) is 24.2 Å². The lowest BCUT2D eigenvalue weighted by molar-refractivity contribution is 0.0459. The summed E-state index contributed by atoms with van der Waals surface area (Å²) in [4.78, 5) is 0. The normalized spacial score (nSPS) is 31.2. The molecule has 2 N–H and O–H groups in total. The Labute approximate surface area is 81.8 Å². The first-order valence-electron chi connectivity index (χ1n) is 5.49. The minimum absolute atomic E-state index is 0.329. The van der Waals surface area contributed by atoms with Crippen LogP contribution in [-0.2, 0) is 4.74 Å². The molecule has 1 aliphatic rings. The molecule has 13 heavy (non-hydrogen) atoms. The standard InChI is InChI=1S/C11H23NO/c1-8(2)6-10(12)7-11-5-4-9(3)13-11/h8-11H,4-7,12H2,1-3H3. The molecular formula is C11H23NO. The summed E-state index contributed by atoms with van der Waals surface area (Å²) in [6, 6.07) is 0.329. The Morgan fingerprint density at radius 3 is 2.54 bits per heavy atom. The van der Waals surface area contributed by atoms with Crippen molar-refractivity contribution in [2.45, 2.75) is 64.7 Å². The molecule has 0 aromatic carbocycles. The van der Waals surface area contributed by atoms with Crippen LogP contribution in [-0.4, -0.2) is 18.2 Å². The predicted molar refractivity (Wildman–Crippen MR) is 55.6 cm³/mol. The highest BCUT2D eigenvalue weighted by molar-refractivity contribution is 4.76. The highest BCUT2D eigenvalue weighted by Crippen LogP contribution is 2.23. The molecule has 0 spiro atoms. The molecule has 1 saturated heterocycles. The molecule has 1 rings (SSSR count). The van der Waals surface area contributed by atoms with Crippen molar-refractivity contribution in [1.82, 2.24) is 0 Å². The Balaban J connectivity index is 2.16. The topological polar surface area (TPSA) is 35.2 Å². The lowest BCUT2D eigenvalue weighted by Crippen LogP contribution is -2.27. The first-order chi connectivity index (χ1) is 6.08. The van der Waals surface area contributed by atoms with Gasteiger partial charge in [0.25, 0.3) is 0 Å².